The molecule has 0 amide bonds. The van der Waals surface area contributed by atoms with Crippen LogP contribution in [0.2, 0.25) is 0 Å². The van der Waals surface area contributed by atoms with Crippen molar-refractivity contribution in [3.8, 4) is 5.75 Å². The van der Waals surface area contributed by atoms with Gasteiger partial charge in [-0.15, -0.1) is 0 Å². The Morgan fingerprint density at radius 1 is 0.618 bits per heavy atom. The van der Waals surface area contributed by atoms with Gasteiger partial charge in [-0.1, -0.05) is 12.1 Å². The van der Waals surface area contributed by atoms with Crippen molar-refractivity contribution in [1.82, 2.24) is 0 Å². The second-order valence-electron chi connectivity index (χ2n) is 6.64. The molecule has 18 heteroatoms. The first-order valence-corrected chi connectivity index (χ1v) is 8.27. The van der Waals surface area contributed by atoms with E-state index in [-0.39, 0.29) is 12.1 Å². The average Bonchev–Trinajstić information content (AvgIpc) is 2.63. The first-order chi connectivity index (χ1) is 14.8. The Morgan fingerprint density at radius 2 is 1.03 bits per heavy atom. The molecule has 34 heavy (non-hydrogen) atoms. The van der Waals surface area contributed by atoms with Crippen molar-refractivity contribution >= 4 is 0 Å². The molecule has 0 saturated carbocycles. The molecule has 0 aliphatic rings. The van der Waals surface area contributed by atoms with Crippen LogP contribution in [0, 0.1) is 0 Å². The summed E-state index contributed by atoms with van der Waals surface area (Å²) in [6.07, 6.45) is -21.0. The topological polar surface area (TPSA) is 29.5 Å². The number of hydrogen-bond acceptors (Lipinski definition) is 2. The van der Waals surface area contributed by atoms with Crippen LogP contribution in [-0.2, 0) is 4.74 Å². The molecule has 0 fully saturated rings. The third-order valence-electron chi connectivity index (χ3n) is 4.21. The number of aromatic hydroxyl groups is 1. The summed E-state index contributed by atoms with van der Waals surface area (Å²) >= 11 is 0. The van der Waals surface area contributed by atoms with E-state index in [9.17, 15) is 70.2 Å². The van der Waals surface area contributed by atoms with Gasteiger partial charge in [-0.3, -0.25) is 0 Å². The van der Waals surface area contributed by atoms with Crippen LogP contribution in [0.3, 0.4) is 0 Å². The monoisotopic (exact) mass is 538 g/mol. The predicted molar refractivity (Wildman–Crippen MR) is 78.3 cm³/mol. The highest BCUT2D eigenvalue weighted by molar-refractivity contribution is 5.29. The highest BCUT2D eigenvalue weighted by Gasteiger charge is 2.83. The van der Waals surface area contributed by atoms with E-state index in [2.05, 4.69) is 4.74 Å². The fourth-order valence-corrected chi connectivity index (χ4v) is 2.28. The molecule has 0 spiro atoms. The Balaban J connectivity index is 3.40. The maximum absolute atomic E-state index is 14.3. The molecule has 1 N–H and O–H groups in total. The molecule has 0 aliphatic carbocycles. The van der Waals surface area contributed by atoms with E-state index >= 15 is 0 Å². The minimum Gasteiger partial charge on any atom is -0.508 e. The third-order valence-corrected chi connectivity index (χ3v) is 4.21. The van der Waals surface area contributed by atoms with Gasteiger partial charge in [0, 0.05) is 6.42 Å². The SMILES string of the molecule is Oc1ccc(C(OCCC(F)(F)C(F)(F)C(F)(F)F)C(F)(F)C(F)(F)C(F)(F)C(F)(F)F)cc1. The maximum atomic E-state index is 14.3. The molecular formula is C16H10F16O2. The van der Waals surface area contributed by atoms with Crippen molar-refractivity contribution in [1.29, 1.82) is 0 Å². The van der Waals surface area contributed by atoms with Crippen molar-refractivity contribution in [3.05, 3.63) is 29.8 Å². The van der Waals surface area contributed by atoms with Gasteiger partial charge < -0.3 is 9.84 Å². The molecule has 1 aromatic carbocycles. The predicted octanol–water partition coefficient (Wildman–Crippen LogP) is 7.14. The number of phenolic OH excluding ortho intramolecular Hbond substituents is 1. The second-order valence-corrected chi connectivity index (χ2v) is 6.64. The molecule has 1 atom stereocenters. The summed E-state index contributed by atoms with van der Waals surface area (Å²) in [5.74, 6) is -35.1. The van der Waals surface area contributed by atoms with Gasteiger partial charge in [0.15, 0.2) is 6.10 Å². The lowest BCUT2D eigenvalue weighted by atomic mass is 9.94. The molecule has 0 aliphatic heterocycles. The fraction of sp³-hybridized carbons (Fsp3) is 0.625. The lowest BCUT2D eigenvalue weighted by Crippen LogP contribution is -2.62. The number of ether oxygens (including phenoxy) is 1. The highest BCUT2D eigenvalue weighted by atomic mass is 19.4. The number of alkyl halides is 16. The van der Waals surface area contributed by atoms with Crippen LogP contribution >= 0.6 is 0 Å². The molecule has 1 aromatic rings. The van der Waals surface area contributed by atoms with E-state index in [1.165, 1.54) is 0 Å². The molecule has 0 radical (unpaired) electrons. The lowest BCUT2D eigenvalue weighted by molar-refractivity contribution is -0.409. The molecule has 1 rings (SSSR count). The van der Waals surface area contributed by atoms with E-state index in [0.717, 1.165) is 0 Å². The maximum Gasteiger partial charge on any atom is 0.460 e. The summed E-state index contributed by atoms with van der Waals surface area (Å²) in [6.45, 7) is -2.37. The smallest absolute Gasteiger partial charge is 0.460 e. The normalized spacial score (nSPS) is 16.0. The van der Waals surface area contributed by atoms with E-state index in [1.54, 1.807) is 0 Å². The molecule has 0 aromatic heterocycles. The van der Waals surface area contributed by atoms with Crippen molar-refractivity contribution in [2.45, 2.75) is 54.5 Å². The number of rotatable bonds is 9. The van der Waals surface area contributed by atoms with Gasteiger partial charge in [-0.25, -0.2) is 0 Å². The Kier molecular flexibility index (Phi) is 7.75. The Hall–Kier alpha value is -2.14. The summed E-state index contributed by atoms with van der Waals surface area (Å²) in [7, 11) is 0. The molecule has 2 nitrogen and oxygen atoms in total. The van der Waals surface area contributed by atoms with Crippen molar-refractivity contribution < 1.29 is 80.1 Å². The number of halogens is 16. The van der Waals surface area contributed by atoms with Gasteiger partial charge in [0.2, 0.25) is 0 Å². The zero-order valence-electron chi connectivity index (χ0n) is 15.7. The van der Waals surface area contributed by atoms with Crippen LogP contribution in [0.5, 0.6) is 5.75 Å². The molecule has 0 heterocycles. The largest absolute Gasteiger partial charge is 0.508 e. The van der Waals surface area contributed by atoms with Gasteiger partial charge in [-0.05, 0) is 17.7 Å². The van der Waals surface area contributed by atoms with E-state index < -0.39 is 72.4 Å². The van der Waals surface area contributed by atoms with Gasteiger partial charge >= 0.3 is 42.0 Å². The van der Waals surface area contributed by atoms with Crippen LogP contribution in [0.4, 0.5) is 70.2 Å². The first kappa shape index (κ1) is 29.9. The Labute approximate surface area is 178 Å². The van der Waals surface area contributed by atoms with Gasteiger partial charge in [0.05, 0.1) is 6.61 Å². The number of hydrogen-bond donors (Lipinski definition) is 1. The second kappa shape index (κ2) is 8.82. The van der Waals surface area contributed by atoms with Crippen LogP contribution in [0.1, 0.15) is 18.1 Å². The summed E-state index contributed by atoms with van der Waals surface area (Å²) in [5, 5.41) is 9.05. The fourth-order valence-electron chi connectivity index (χ4n) is 2.28. The lowest BCUT2D eigenvalue weighted by Gasteiger charge is -2.38. The van der Waals surface area contributed by atoms with Gasteiger partial charge in [0.25, 0.3) is 0 Å². The third kappa shape index (κ3) is 5.10. The van der Waals surface area contributed by atoms with Crippen molar-refractivity contribution in [2.24, 2.45) is 0 Å². The summed E-state index contributed by atoms with van der Waals surface area (Å²) < 4.78 is 212. The van der Waals surface area contributed by atoms with Gasteiger partial charge in [0.1, 0.15) is 5.75 Å². The highest BCUT2D eigenvalue weighted by Crippen LogP contribution is 2.57. The minimum absolute atomic E-state index is 0.179. The van der Waals surface area contributed by atoms with E-state index in [0.29, 0.717) is 12.1 Å². The van der Waals surface area contributed by atoms with Gasteiger partial charge in [-0.2, -0.15) is 70.2 Å². The molecule has 0 saturated heterocycles. The molecule has 1 unspecified atom stereocenters. The minimum atomic E-state index is -7.45. The van der Waals surface area contributed by atoms with Crippen LogP contribution in [0.15, 0.2) is 24.3 Å². The average molecular weight is 538 g/mol. The van der Waals surface area contributed by atoms with Crippen LogP contribution < -0.4 is 0 Å². The van der Waals surface area contributed by atoms with Crippen LogP contribution in [0.25, 0.3) is 0 Å². The Morgan fingerprint density at radius 3 is 1.41 bits per heavy atom. The molecule has 0 bridgehead atoms. The van der Waals surface area contributed by atoms with Crippen LogP contribution in [-0.4, -0.2) is 53.7 Å². The Bertz CT molecular complexity index is 825. The zero-order valence-corrected chi connectivity index (χ0v) is 15.7. The molecular weight excluding hydrogens is 528 g/mol. The van der Waals surface area contributed by atoms with E-state index in [4.69, 9.17) is 5.11 Å². The zero-order chi connectivity index (χ0) is 27.2. The summed E-state index contributed by atoms with van der Waals surface area (Å²) in [5.41, 5.74) is -1.45. The summed E-state index contributed by atoms with van der Waals surface area (Å²) in [6, 6.07) is 1.12. The molecule has 198 valence electrons. The van der Waals surface area contributed by atoms with Crippen molar-refractivity contribution in [2.75, 3.05) is 6.61 Å². The number of phenols is 1. The van der Waals surface area contributed by atoms with E-state index in [1.807, 2.05) is 0 Å². The van der Waals surface area contributed by atoms with Crippen molar-refractivity contribution in [3.63, 3.8) is 0 Å². The number of benzene rings is 1. The first-order valence-electron chi connectivity index (χ1n) is 8.27. The quantitative estimate of drug-likeness (QED) is 0.339. The summed E-state index contributed by atoms with van der Waals surface area (Å²) in [4.78, 5) is 0. The standard InChI is InChI=1S/C16H10F16O2/c17-10(18,12(21,22)15(27,28)29)5-6-34-9(7-1-3-8(33)4-2-7)11(19,20)13(23,24)14(25,26)16(30,31)32/h1-4,9,33H,5-6H2.